The highest BCUT2D eigenvalue weighted by molar-refractivity contribution is 6.27. The maximum atomic E-state index is 12.6. The Morgan fingerprint density at radius 2 is 1.67 bits per heavy atom. The van der Waals surface area contributed by atoms with E-state index in [1.807, 2.05) is 12.1 Å². The number of carboxylic acids is 2. The highest BCUT2D eigenvalue weighted by atomic mass is 19.1. The molecule has 0 saturated heterocycles. The Kier molecular flexibility index (Phi) is 9.74. The summed E-state index contributed by atoms with van der Waals surface area (Å²) in [6.45, 7) is 2.90. The predicted octanol–water partition coefficient (Wildman–Crippen LogP) is 1.02. The van der Waals surface area contributed by atoms with E-state index in [-0.39, 0.29) is 5.82 Å². The lowest BCUT2D eigenvalue weighted by Gasteiger charge is -2.09. The first kappa shape index (κ1) is 19.0. The molecule has 0 aromatic heterocycles. The number of nitrogens with zero attached hydrogens (tertiary/aromatic N) is 1. The number of halogens is 1. The third-order valence-corrected chi connectivity index (χ3v) is 2.38. The van der Waals surface area contributed by atoms with Crippen molar-refractivity contribution in [1.29, 1.82) is 0 Å². The largest absolute Gasteiger partial charge is 0.473 e. The summed E-state index contributed by atoms with van der Waals surface area (Å²) in [7, 11) is 4.14. The minimum absolute atomic E-state index is 0.175. The van der Waals surface area contributed by atoms with E-state index in [1.54, 1.807) is 0 Å². The summed E-state index contributed by atoms with van der Waals surface area (Å²) in [6.07, 6.45) is 1.13. The van der Waals surface area contributed by atoms with Gasteiger partial charge in [-0.25, -0.2) is 14.0 Å². The fourth-order valence-electron chi connectivity index (χ4n) is 1.36. The van der Waals surface area contributed by atoms with Crippen molar-refractivity contribution in [2.24, 2.45) is 0 Å². The lowest BCUT2D eigenvalue weighted by Crippen LogP contribution is -2.20. The van der Waals surface area contributed by atoms with Crippen molar-refractivity contribution in [3.63, 3.8) is 0 Å². The van der Waals surface area contributed by atoms with Crippen molar-refractivity contribution in [2.75, 3.05) is 27.2 Å². The molecule has 0 fully saturated rings. The molecule has 0 atom stereocenters. The van der Waals surface area contributed by atoms with Gasteiger partial charge in [-0.05, 0) is 51.3 Å². The van der Waals surface area contributed by atoms with Crippen molar-refractivity contribution >= 4 is 11.9 Å². The summed E-state index contributed by atoms with van der Waals surface area (Å²) in [5, 5.41) is 18.1. The summed E-state index contributed by atoms with van der Waals surface area (Å²) in [5.41, 5.74) is 1.13. The normalized spacial score (nSPS) is 9.90. The van der Waals surface area contributed by atoms with Gasteiger partial charge >= 0.3 is 11.9 Å². The van der Waals surface area contributed by atoms with Gasteiger partial charge in [-0.15, -0.1) is 0 Å². The standard InChI is InChI=1S/C12H19FN2.C2H2O4/c1-15(2)9-3-8-14-10-11-4-6-12(13)7-5-11;3-1(4)2(5)6/h4-7,14H,3,8-10H2,1-2H3;(H,3,4)(H,5,6). The third-order valence-electron chi connectivity index (χ3n) is 2.38. The molecule has 0 aliphatic carbocycles. The van der Waals surface area contributed by atoms with Gasteiger partial charge in [0.1, 0.15) is 5.82 Å². The average molecular weight is 300 g/mol. The summed E-state index contributed by atoms with van der Waals surface area (Å²) in [6, 6.07) is 6.62. The second-order valence-corrected chi connectivity index (χ2v) is 4.57. The van der Waals surface area contributed by atoms with Crippen LogP contribution in [0.1, 0.15) is 12.0 Å². The molecule has 6 nitrogen and oxygen atoms in total. The third kappa shape index (κ3) is 11.5. The Balaban J connectivity index is 0.000000567. The van der Waals surface area contributed by atoms with Gasteiger partial charge in [-0.3, -0.25) is 0 Å². The van der Waals surface area contributed by atoms with Crippen LogP contribution < -0.4 is 5.32 Å². The summed E-state index contributed by atoms with van der Waals surface area (Å²) in [5.74, 6) is -3.82. The van der Waals surface area contributed by atoms with Crippen LogP contribution in [0.25, 0.3) is 0 Å². The molecule has 0 saturated carbocycles. The monoisotopic (exact) mass is 300 g/mol. The molecule has 21 heavy (non-hydrogen) atoms. The van der Waals surface area contributed by atoms with Crippen LogP contribution >= 0.6 is 0 Å². The van der Waals surface area contributed by atoms with Crippen LogP contribution in [0.4, 0.5) is 4.39 Å². The SMILES string of the molecule is CN(C)CCCNCc1ccc(F)cc1.O=C(O)C(=O)O. The van der Waals surface area contributed by atoms with Gasteiger partial charge in [-0.1, -0.05) is 12.1 Å². The number of carboxylic acid groups (broad SMARTS) is 2. The minimum atomic E-state index is -1.82. The topological polar surface area (TPSA) is 89.9 Å². The first-order valence-corrected chi connectivity index (χ1v) is 6.39. The zero-order valence-corrected chi connectivity index (χ0v) is 12.2. The highest BCUT2D eigenvalue weighted by Crippen LogP contribution is 2.01. The molecular weight excluding hydrogens is 279 g/mol. The second-order valence-electron chi connectivity index (χ2n) is 4.57. The van der Waals surface area contributed by atoms with Crippen molar-refractivity contribution in [1.82, 2.24) is 10.2 Å². The quantitative estimate of drug-likeness (QED) is 0.537. The molecule has 0 unspecified atom stereocenters. The van der Waals surface area contributed by atoms with Gasteiger partial charge in [-0.2, -0.15) is 0 Å². The van der Waals surface area contributed by atoms with Gasteiger partial charge in [0.05, 0.1) is 0 Å². The fourth-order valence-corrected chi connectivity index (χ4v) is 1.36. The van der Waals surface area contributed by atoms with Gasteiger partial charge in [0, 0.05) is 6.54 Å². The lowest BCUT2D eigenvalue weighted by atomic mass is 10.2. The molecule has 0 amide bonds. The Bertz CT molecular complexity index is 423. The van der Waals surface area contributed by atoms with Crippen LogP contribution in [0.2, 0.25) is 0 Å². The van der Waals surface area contributed by atoms with E-state index in [2.05, 4.69) is 24.3 Å². The smallest absolute Gasteiger partial charge is 0.414 e. The Morgan fingerprint density at radius 3 is 2.10 bits per heavy atom. The molecule has 0 aliphatic rings. The Morgan fingerprint density at radius 1 is 1.14 bits per heavy atom. The lowest BCUT2D eigenvalue weighted by molar-refractivity contribution is -0.159. The van der Waals surface area contributed by atoms with Crippen molar-refractivity contribution in [3.05, 3.63) is 35.6 Å². The van der Waals surface area contributed by atoms with E-state index in [1.165, 1.54) is 12.1 Å². The van der Waals surface area contributed by atoms with Crippen molar-refractivity contribution in [2.45, 2.75) is 13.0 Å². The van der Waals surface area contributed by atoms with E-state index in [0.29, 0.717) is 0 Å². The van der Waals surface area contributed by atoms with Crippen molar-refractivity contribution < 1.29 is 24.2 Å². The number of carbonyl (C=O) groups is 2. The number of benzene rings is 1. The van der Waals surface area contributed by atoms with Crippen LogP contribution in [-0.4, -0.2) is 54.2 Å². The fraction of sp³-hybridized carbons (Fsp3) is 0.429. The van der Waals surface area contributed by atoms with Crippen molar-refractivity contribution in [3.8, 4) is 0 Å². The molecule has 7 heteroatoms. The van der Waals surface area contributed by atoms with Crippen LogP contribution in [0.3, 0.4) is 0 Å². The first-order chi connectivity index (χ1) is 9.82. The molecule has 0 heterocycles. The van der Waals surface area contributed by atoms with Gasteiger partial charge < -0.3 is 20.4 Å². The number of aliphatic carboxylic acids is 2. The average Bonchev–Trinajstić information content (AvgIpc) is 2.40. The molecule has 0 aliphatic heterocycles. The molecule has 1 aromatic carbocycles. The van der Waals surface area contributed by atoms with Gasteiger partial charge in [0.25, 0.3) is 0 Å². The summed E-state index contributed by atoms with van der Waals surface area (Å²) < 4.78 is 12.6. The van der Waals surface area contributed by atoms with Crippen LogP contribution in [0, 0.1) is 5.82 Å². The molecule has 3 N–H and O–H groups in total. The van der Waals surface area contributed by atoms with E-state index in [9.17, 15) is 4.39 Å². The van der Waals surface area contributed by atoms with E-state index in [0.717, 1.165) is 31.6 Å². The number of rotatable bonds is 6. The Labute approximate surface area is 123 Å². The predicted molar refractivity (Wildman–Crippen MR) is 76.5 cm³/mol. The number of hydrogen-bond acceptors (Lipinski definition) is 4. The second kappa shape index (κ2) is 10.8. The van der Waals surface area contributed by atoms with Gasteiger partial charge in [0.15, 0.2) is 0 Å². The van der Waals surface area contributed by atoms with Crippen LogP contribution in [0.15, 0.2) is 24.3 Å². The van der Waals surface area contributed by atoms with E-state index >= 15 is 0 Å². The summed E-state index contributed by atoms with van der Waals surface area (Å²) >= 11 is 0. The Hall–Kier alpha value is -1.99. The molecule has 1 aromatic rings. The maximum Gasteiger partial charge on any atom is 0.414 e. The van der Waals surface area contributed by atoms with Gasteiger partial charge in [0.2, 0.25) is 0 Å². The molecule has 0 bridgehead atoms. The molecule has 118 valence electrons. The minimum Gasteiger partial charge on any atom is -0.473 e. The maximum absolute atomic E-state index is 12.6. The molecular formula is C14H21FN2O4. The summed E-state index contributed by atoms with van der Waals surface area (Å²) in [4.78, 5) is 20.4. The van der Waals surface area contributed by atoms with E-state index < -0.39 is 11.9 Å². The van der Waals surface area contributed by atoms with Crippen LogP contribution in [0.5, 0.6) is 0 Å². The first-order valence-electron chi connectivity index (χ1n) is 6.39. The zero-order valence-electron chi connectivity index (χ0n) is 12.2. The molecule has 0 radical (unpaired) electrons. The zero-order chi connectivity index (χ0) is 16.3. The van der Waals surface area contributed by atoms with E-state index in [4.69, 9.17) is 19.8 Å². The number of hydrogen-bond donors (Lipinski definition) is 3. The number of nitrogens with one attached hydrogen (secondary N) is 1. The van der Waals surface area contributed by atoms with Crippen LogP contribution in [-0.2, 0) is 16.1 Å². The highest BCUT2D eigenvalue weighted by Gasteiger charge is 2.04. The molecule has 0 spiro atoms. The molecule has 1 rings (SSSR count).